The normalized spacial score (nSPS) is 9.92. The van der Waals surface area contributed by atoms with Gasteiger partial charge in [0.15, 0.2) is 0 Å². The Balaban J connectivity index is 3.47. The Kier molecular flexibility index (Phi) is 8.12. The molecule has 12 heavy (non-hydrogen) atoms. The monoisotopic (exact) mass is 253 g/mol. The highest BCUT2D eigenvalue weighted by molar-refractivity contribution is 9.09. The molecule has 0 N–H and O–H groups in total. The SMILES string of the molecule is CSCCC(=O)N(C)CCCBr. The van der Waals surface area contributed by atoms with Crippen LogP contribution in [0.25, 0.3) is 0 Å². The largest absolute Gasteiger partial charge is 0.346 e. The molecule has 0 bridgehead atoms. The molecule has 72 valence electrons. The third-order valence-electron chi connectivity index (χ3n) is 1.57. The van der Waals surface area contributed by atoms with Crippen molar-refractivity contribution < 1.29 is 4.79 Å². The fourth-order valence-electron chi connectivity index (χ4n) is 0.802. The summed E-state index contributed by atoms with van der Waals surface area (Å²) in [6.45, 7) is 0.860. The van der Waals surface area contributed by atoms with Crippen molar-refractivity contribution in [3.63, 3.8) is 0 Å². The van der Waals surface area contributed by atoms with E-state index in [1.165, 1.54) is 0 Å². The average molecular weight is 254 g/mol. The van der Waals surface area contributed by atoms with E-state index >= 15 is 0 Å². The minimum atomic E-state index is 0.255. The Morgan fingerprint density at radius 1 is 1.58 bits per heavy atom. The van der Waals surface area contributed by atoms with Gasteiger partial charge in [-0.25, -0.2) is 0 Å². The predicted molar refractivity (Wildman–Crippen MR) is 59.0 cm³/mol. The Hall–Kier alpha value is 0.300. The third-order valence-corrected chi connectivity index (χ3v) is 2.75. The quantitative estimate of drug-likeness (QED) is 0.675. The molecule has 4 heteroatoms. The van der Waals surface area contributed by atoms with E-state index in [1.54, 1.807) is 16.7 Å². The van der Waals surface area contributed by atoms with Gasteiger partial charge in [-0.2, -0.15) is 11.8 Å². The van der Waals surface area contributed by atoms with Crippen molar-refractivity contribution in [1.82, 2.24) is 4.90 Å². The summed E-state index contributed by atoms with van der Waals surface area (Å²) in [6.07, 6.45) is 3.72. The van der Waals surface area contributed by atoms with Crippen molar-refractivity contribution in [1.29, 1.82) is 0 Å². The van der Waals surface area contributed by atoms with Crippen LogP contribution in [0.2, 0.25) is 0 Å². The maximum Gasteiger partial charge on any atom is 0.223 e. The molecule has 0 unspecified atom stereocenters. The van der Waals surface area contributed by atoms with Crippen LogP contribution in [0.15, 0.2) is 0 Å². The van der Waals surface area contributed by atoms with Crippen LogP contribution in [0.1, 0.15) is 12.8 Å². The number of halogens is 1. The minimum Gasteiger partial charge on any atom is -0.346 e. The zero-order chi connectivity index (χ0) is 9.40. The van der Waals surface area contributed by atoms with Gasteiger partial charge >= 0.3 is 0 Å². The predicted octanol–water partition coefficient (Wildman–Crippen LogP) is 1.98. The molecule has 0 fully saturated rings. The Labute approximate surface area is 87.2 Å². The number of alkyl halides is 1. The van der Waals surface area contributed by atoms with Crippen LogP contribution in [0, 0.1) is 0 Å². The van der Waals surface area contributed by atoms with Crippen LogP contribution < -0.4 is 0 Å². The van der Waals surface area contributed by atoms with E-state index in [-0.39, 0.29) is 5.91 Å². The molecular weight excluding hydrogens is 238 g/mol. The third kappa shape index (κ3) is 5.89. The summed E-state index contributed by atoms with van der Waals surface area (Å²) in [5.41, 5.74) is 0. The van der Waals surface area contributed by atoms with Crippen LogP contribution in [0.4, 0.5) is 0 Å². The first-order chi connectivity index (χ1) is 5.72. The summed E-state index contributed by atoms with van der Waals surface area (Å²) in [6, 6.07) is 0. The smallest absolute Gasteiger partial charge is 0.223 e. The van der Waals surface area contributed by atoms with E-state index in [0.717, 1.165) is 24.0 Å². The van der Waals surface area contributed by atoms with Gasteiger partial charge in [0.25, 0.3) is 0 Å². The van der Waals surface area contributed by atoms with Gasteiger partial charge in [0.05, 0.1) is 0 Å². The second kappa shape index (κ2) is 7.92. The molecule has 0 aliphatic rings. The van der Waals surface area contributed by atoms with Crippen molar-refractivity contribution >= 4 is 33.6 Å². The Morgan fingerprint density at radius 3 is 2.75 bits per heavy atom. The van der Waals surface area contributed by atoms with Crippen molar-refractivity contribution in [3.05, 3.63) is 0 Å². The van der Waals surface area contributed by atoms with Gasteiger partial charge < -0.3 is 4.90 Å². The van der Waals surface area contributed by atoms with E-state index in [4.69, 9.17) is 0 Å². The molecule has 0 rings (SSSR count). The average Bonchev–Trinajstić information content (AvgIpc) is 2.10. The lowest BCUT2D eigenvalue weighted by Gasteiger charge is -2.15. The lowest BCUT2D eigenvalue weighted by Crippen LogP contribution is -2.28. The van der Waals surface area contributed by atoms with E-state index in [9.17, 15) is 4.79 Å². The molecule has 0 aromatic rings. The van der Waals surface area contributed by atoms with E-state index in [2.05, 4.69) is 15.9 Å². The second-order valence-electron chi connectivity index (χ2n) is 2.60. The molecular formula is C8H16BrNOS. The summed E-state index contributed by atoms with van der Waals surface area (Å²) in [5, 5.41) is 0.965. The van der Waals surface area contributed by atoms with Crippen LogP contribution >= 0.6 is 27.7 Å². The summed E-state index contributed by atoms with van der Waals surface area (Å²) < 4.78 is 0. The lowest BCUT2D eigenvalue weighted by atomic mass is 10.4. The van der Waals surface area contributed by atoms with Crippen LogP contribution in [0.5, 0.6) is 0 Å². The molecule has 0 aliphatic heterocycles. The topological polar surface area (TPSA) is 20.3 Å². The van der Waals surface area contributed by atoms with Crippen molar-refractivity contribution in [2.45, 2.75) is 12.8 Å². The van der Waals surface area contributed by atoms with Crippen LogP contribution in [0.3, 0.4) is 0 Å². The van der Waals surface area contributed by atoms with Crippen molar-refractivity contribution in [2.24, 2.45) is 0 Å². The zero-order valence-corrected chi connectivity index (χ0v) is 10.1. The molecule has 0 saturated carbocycles. The number of amides is 1. The molecule has 0 aliphatic carbocycles. The molecule has 0 atom stereocenters. The first kappa shape index (κ1) is 12.3. The van der Waals surface area contributed by atoms with E-state index < -0.39 is 0 Å². The zero-order valence-electron chi connectivity index (χ0n) is 7.68. The summed E-state index contributed by atoms with van der Waals surface area (Å²) >= 11 is 5.05. The molecule has 2 nitrogen and oxygen atoms in total. The van der Waals surface area contributed by atoms with Gasteiger partial charge in [0.2, 0.25) is 5.91 Å². The van der Waals surface area contributed by atoms with Gasteiger partial charge in [0.1, 0.15) is 0 Å². The van der Waals surface area contributed by atoms with Gasteiger partial charge in [-0.05, 0) is 12.7 Å². The lowest BCUT2D eigenvalue weighted by molar-refractivity contribution is -0.129. The van der Waals surface area contributed by atoms with Crippen molar-refractivity contribution in [2.75, 3.05) is 30.9 Å². The Bertz CT molecular complexity index is 132. The van der Waals surface area contributed by atoms with Gasteiger partial charge in [-0.3, -0.25) is 4.79 Å². The first-order valence-electron chi connectivity index (χ1n) is 4.01. The highest BCUT2D eigenvalue weighted by Gasteiger charge is 2.06. The molecule has 0 aromatic heterocycles. The summed E-state index contributed by atoms with van der Waals surface area (Å²) in [5.74, 6) is 1.18. The minimum absolute atomic E-state index is 0.255. The number of rotatable bonds is 6. The number of hydrogen-bond donors (Lipinski definition) is 0. The fraction of sp³-hybridized carbons (Fsp3) is 0.875. The standard InChI is InChI=1S/C8H16BrNOS/c1-10(6-3-5-9)8(11)4-7-12-2/h3-7H2,1-2H3. The molecule has 0 saturated heterocycles. The molecule has 0 spiro atoms. The molecule has 1 amide bonds. The molecule has 0 radical (unpaired) electrons. The number of hydrogen-bond acceptors (Lipinski definition) is 2. The molecule has 0 heterocycles. The van der Waals surface area contributed by atoms with Crippen LogP contribution in [-0.2, 0) is 4.79 Å². The summed E-state index contributed by atoms with van der Waals surface area (Å²) in [7, 11) is 1.87. The fourth-order valence-corrected chi connectivity index (χ4v) is 1.43. The number of nitrogens with zero attached hydrogens (tertiary/aromatic N) is 1. The highest BCUT2D eigenvalue weighted by Crippen LogP contribution is 2.00. The number of carbonyl (C=O) groups is 1. The maximum atomic E-state index is 11.3. The molecule has 0 aromatic carbocycles. The van der Waals surface area contributed by atoms with Gasteiger partial charge in [0, 0.05) is 31.1 Å². The summed E-state index contributed by atoms with van der Waals surface area (Å²) in [4.78, 5) is 13.1. The van der Waals surface area contributed by atoms with E-state index in [1.807, 2.05) is 13.3 Å². The highest BCUT2D eigenvalue weighted by atomic mass is 79.9. The number of carbonyl (C=O) groups excluding carboxylic acids is 1. The van der Waals surface area contributed by atoms with Gasteiger partial charge in [-0.15, -0.1) is 0 Å². The van der Waals surface area contributed by atoms with E-state index in [0.29, 0.717) is 6.42 Å². The maximum absolute atomic E-state index is 11.3. The van der Waals surface area contributed by atoms with Gasteiger partial charge in [-0.1, -0.05) is 15.9 Å². The number of thioether (sulfide) groups is 1. The van der Waals surface area contributed by atoms with Crippen LogP contribution in [-0.4, -0.2) is 41.7 Å². The Morgan fingerprint density at radius 2 is 2.25 bits per heavy atom. The van der Waals surface area contributed by atoms with Crippen molar-refractivity contribution in [3.8, 4) is 0 Å². The first-order valence-corrected chi connectivity index (χ1v) is 6.52. The second-order valence-corrected chi connectivity index (χ2v) is 4.38.